The molecule has 52 valence electrons. The smallest absolute Gasteiger partial charge is 0.0349 e. The molecule has 0 aromatic rings. The van der Waals surface area contributed by atoms with Crippen LogP contribution in [0, 0.1) is 0 Å². The van der Waals surface area contributed by atoms with Gasteiger partial charge < -0.3 is 5.73 Å². The van der Waals surface area contributed by atoms with Crippen LogP contribution in [0.4, 0.5) is 0 Å². The number of halogens is 1. The van der Waals surface area contributed by atoms with Gasteiger partial charge in [0.2, 0.25) is 0 Å². The van der Waals surface area contributed by atoms with E-state index in [1.807, 2.05) is 0 Å². The van der Waals surface area contributed by atoms with Gasteiger partial charge in [0.1, 0.15) is 0 Å². The van der Waals surface area contributed by atoms with Gasteiger partial charge in [-0.15, -0.1) is 0 Å². The Bertz CT molecular complexity index is 128. The molecule has 0 unspecified atom stereocenters. The first-order valence-electron chi connectivity index (χ1n) is 3.49. The average molecular weight is 238 g/mol. The third kappa shape index (κ3) is 0.816. The van der Waals surface area contributed by atoms with E-state index in [-0.39, 0.29) is 0 Å². The number of nitrogens with zero attached hydrogens (tertiary/aromatic N) is 1. The molecular formula is C6H11IN2. The summed E-state index contributed by atoms with van der Waals surface area (Å²) in [5.41, 5.74) is 5.86. The highest BCUT2D eigenvalue weighted by Crippen LogP contribution is 2.39. The Labute approximate surface area is 69.3 Å². The highest BCUT2D eigenvalue weighted by molar-refractivity contribution is 14.1. The van der Waals surface area contributed by atoms with E-state index in [9.17, 15) is 0 Å². The molecule has 9 heavy (non-hydrogen) atoms. The van der Waals surface area contributed by atoms with Crippen LogP contribution in [-0.4, -0.2) is 21.2 Å². The molecule has 2 saturated heterocycles. The average Bonchev–Trinajstić information content (AvgIpc) is 2.25. The molecule has 2 nitrogen and oxygen atoms in total. The normalized spacial score (nSPS) is 50.7. The highest BCUT2D eigenvalue weighted by Gasteiger charge is 2.43. The lowest BCUT2D eigenvalue weighted by atomic mass is 9.97. The topological polar surface area (TPSA) is 29.3 Å². The summed E-state index contributed by atoms with van der Waals surface area (Å²) in [6.45, 7) is 0. The van der Waals surface area contributed by atoms with Gasteiger partial charge in [0, 0.05) is 41.0 Å². The molecule has 2 N–H and O–H groups in total. The summed E-state index contributed by atoms with van der Waals surface area (Å²) in [5.74, 6) is 0. The molecule has 3 atom stereocenters. The predicted octanol–water partition coefficient (Wildman–Crippen LogP) is 0.900. The summed E-state index contributed by atoms with van der Waals surface area (Å²) in [6, 6.07) is 1.99. The standard InChI is InChI=1S/C6H11IN2/c7-9-4-1-2-6(9)5(8)3-4/h4-6H,1-3,8H2/t4-,5+,6+/m0/s1. The van der Waals surface area contributed by atoms with Crippen LogP contribution >= 0.6 is 22.9 Å². The summed E-state index contributed by atoms with van der Waals surface area (Å²) in [4.78, 5) is 0. The van der Waals surface area contributed by atoms with Crippen molar-refractivity contribution in [2.75, 3.05) is 0 Å². The van der Waals surface area contributed by atoms with E-state index in [4.69, 9.17) is 5.73 Å². The van der Waals surface area contributed by atoms with Gasteiger partial charge in [-0.05, 0) is 19.3 Å². The van der Waals surface area contributed by atoms with E-state index in [1.165, 1.54) is 19.3 Å². The molecular weight excluding hydrogens is 227 g/mol. The van der Waals surface area contributed by atoms with Crippen LogP contribution in [0.5, 0.6) is 0 Å². The number of rotatable bonds is 0. The molecule has 0 aromatic heterocycles. The third-order valence-electron chi connectivity index (χ3n) is 2.50. The molecule has 0 aromatic carbocycles. The third-order valence-corrected chi connectivity index (χ3v) is 4.00. The van der Waals surface area contributed by atoms with Crippen molar-refractivity contribution in [2.45, 2.75) is 37.4 Å². The zero-order valence-electron chi connectivity index (χ0n) is 5.26. The fourth-order valence-corrected chi connectivity index (χ4v) is 3.16. The Hall–Kier alpha value is 0.650. The zero-order chi connectivity index (χ0) is 6.43. The van der Waals surface area contributed by atoms with E-state index in [2.05, 4.69) is 26.0 Å². The predicted molar refractivity (Wildman–Crippen MR) is 45.3 cm³/mol. The van der Waals surface area contributed by atoms with E-state index < -0.39 is 0 Å². The van der Waals surface area contributed by atoms with Gasteiger partial charge in [-0.3, -0.25) is 0 Å². The molecule has 3 heteroatoms. The fraction of sp³-hybridized carbons (Fsp3) is 1.00. The molecule has 0 aliphatic carbocycles. The van der Waals surface area contributed by atoms with Crippen molar-refractivity contribution in [3.63, 3.8) is 0 Å². The molecule has 0 radical (unpaired) electrons. The first-order valence-corrected chi connectivity index (χ1v) is 4.45. The van der Waals surface area contributed by atoms with E-state index >= 15 is 0 Å². The lowest BCUT2D eigenvalue weighted by Crippen LogP contribution is -2.33. The lowest BCUT2D eigenvalue weighted by molar-refractivity contribution is 0.471. The van der Waals surface area contributed by atoms with Crippen molar-refractivity contribution < 1.29 is 0 Å². The number of hydrogen-bond donors (Lipinski definition) is 1. The SMILES string of the molecule is N[C@@H]1C[C@@H]2CC[C@H]1N2I. The largest absolute Gasteiger partial charge is 0.326 e. The van der Waals surface area contributed by atoms with Gasteiger partial charge in [-0.25, -0.2) is 3.11 Å². The Morgan fingerprint density at radius 1 is 1.44 bits per heavy atom. The highest BCUT2D eigenvalue weighted by atomic mass is 127. The summed E-state index contributed by atoms with van der Waals surface area (Å²) in [5, 5.41) is 0. The van der Waals surface area contributed by atoms with Crippen molar-refractivity contribution in [1.29, 1.82) is 0 Å². The second-order valence-corrected chi connectivity index (χ2v) is 4.16. The van der Waals surface area contributed by atoms with Crippen molar-refractivity contribution in [2.24, 2.45) is 5.73 Å². The van der Waals surface area contributed by atoms with Crippen LogP contribution in [0.25, 0.3) is 0 Å². The fourth-order valence-electron chi connectivity index (χ4n) is 1.97. The first kappa shape index (κ1) is 6.37. The number of fused-ring (bicyclic) bond motifs is 2. The number of hydrogen-bond acceptors (Lipinski definition) is 2. The van der Waals surface area contributed by atoms with Crippen LogP contribution in [0.3, 0.4) is 0 Å². The summed E-state index contributed by atoms with van der Waals surface area (Å²) in [7, 11) is 0. The Morgan fingerprint density at radius 3 is 2.44 bits per heavy atom. The zero-order valence-corrected chi connectivity index (χ0v) is 7.41. The van der Waals surface area contributed by atoms with Crippen molar-refractivity contribution >= 4 is 22.9 Å². The molecule has 2 aliphatic heterocycles. The molecule has 2 bridgehead atoms. The minimum atomic E-state index is 0.473. The van der Waals surface area contributed by atoms with Crippen molar-refractivity contribution in [1.82, 2.24) is 3.11 Å². The molecule has 0 saturated carbocycles. The Kier molecular flexibility index (Phi) is 1.46. The molecule has 2 aliphatic rings. The van der Waals surface area contributed by atoms with E-state index in [1.54, 1.807) is 0 Å². The van der Waals surface area contributed by atoms with Crippen molar-refractivity contribution in [3.05, 3.63) is 0 Å². The van der Waals surface area contributed by atoms with Gasteiger partial charge in [0.15, 0.2) is 0 Å². The van der Waals surface area contributed by atoms with Crippen LogP contribution < -0.4 is 5.73 Å². The maximum absolute atomic E-state index is 5.86. The molecule has 0 amide bonds. The molecule has 2 heterocycles. The Morgan fingerprint density at radius 2 is 2.22 bits per heavy atom. The van der Waals surface area contributed by atoms with Crippen molar-refractivity contribution in [3.8, 4) is 0 Å². The van der Waals surface area contributed by atoms with Gasteiger partial charge in [-0.1, -0.05) is 0 Å². The molecule has 2 fully saturated rings. The second kappa shape index (κ2) is 2.07. The van der Waals surface area contributed by atoms with E-state index in [0.717, 1.165) is 6.04 Å². The van der Waals surface area contributed by atoms with Gasteiger partial charge in [0.05, 0.1) is 0 Å². The first-order chi connectivity index (χ1) is 4.29. The summed E-state index contributed by atoms with van der Waals surface area (Å²) < 4.78 is 2.42. The summed E-state index contributed by atoms with van der Waals surface area (Å²) >= 11 is 2.42. The monoisotopic (exact) mass is 238 g/mol. The maximum Gasteiger partial charge on any atom is 0.0349 e. The minimum absolute atomic E-state index is 0.473. The van der Waals surface area contributed by atoms with Gasteiger partial charge >= 0.3 is 0 Å². The van der Waals surface area contributed by atoms with E-state index in [0.29, 0.717) is 12.1 Å². The van der Waals surface area contributed by atoms with Crippen LogP contribution in [0.1, 0.15) is 19.3 Å². The number of nitrogens with two attached hydrogens (primary N) is 1. The molecule has 0 spiro atoms. The molecule has 2 rings (SSSR count). The quantitative estimate of drug-likeness (QED) is 0.502. The summed E-state index contributed by atoms with van der Waals surface area (Å²) in [6.07, 6.45) is 3.93. The van der Waals surface area contributed by atoms with Crippen LogP contribution in [0.15, 0.2) is 0 Å². The lowest BCUT2D eigenvalue weighted by Gasteiger charge is -2.14. The minimum Gasteiger partial charge on any atom is -0.326 e. The Balaban J connectivity index is 2.16. The van der Waals surface area contributed by atoms with Crippen LogP contribution in [-0.2, 0) is 0 Å². The second-order valence-electron chi connectivity index (χ2n) is 3.04. The maximum atomic E-state index is 5.86. The van der Waals surface area contributed by atoms with Gasteiger partial charge in [-0.2, -0.15) is 0 Å². The van der Waals surface area contributed by atoms with Gasteiger partial charge in [0.25, 0.3) is 0 Å². The van der Waals surface area contributed by atoms with Crippen LogP contribution in [0.2, 0.25) is 0 Å².